The first-order valence-electron chi connectivity index (χ1n) is 2.81. The molecule has 0 aromatic heterocycles. The van der Waals surface area contributed by atoms with E-state index in [0.29, 0.717) is 5.96 Å². The predicted octanol–water partition coefficient (Wildman–Crippen LogP) is -0.0837. The van der Waals surface area contributed by atoms with Crippen LogP contribution in [0.1, 0.15) is 13.3 Å². The van der Waals surface area contributed by atoms with E-state index in [1.807, 2.05) is 6.92 Å². The van der Waals surface area contributed by atoms with Crippen molar-refractivity contribution in [3.63, 3.8) is 0 Å². The van der Waals surface area contributed by atoms with E-state index in [4.69, 9.17) is 5.73 Å². The van der Waals surface area contributed by atoms with Crippen LogP contribution in [0.25, 0.3) is 0 Å². The van der Waals surface area contributed by atoms with Crippen molar-refractivity contribution in [2.45, 2.75) is 13.3 Å². The van der Waals surface area contributed by atoms with Gasteiger partial charge in [-0.15, -0.1) is 0 Å². The molecule has 0 rings (SSSR count). The summed E-state index contributed by atoms with van der Waals surface area (Å²) in [7, 11) is 1.60. The summed E-state index contributed by atoms with van der Waals surface area (Å²) in [6, 6.07) is 0. The van der Waals surface area contributed by atoms with E-state index in [0.717, 1.165) is 6.42 Å². The third-order valence-corrected chi connectivity index (χ3v) is 0.694. The lowest BCUT2D eigenvalue weighted by atomic mass is 10.6. The second kappa shape index (κ2) is 5.08. The molecule has 0 atom stereocenters. The maximum absolute atomic E-state index is 5.24. The number of nitrogens with zero attached hydrogens (tertiary/aromatic N) is 2. The van der Waals surface area contributed by atoms with Crippen LogP contribution in [0.15, 0.2) is 10.1 Å². The average molecular weight is 128 g/mol. The van der Waals surface area contributed by atoms with E-state index in [9.17, 15) is 0 Å². The van der Waals surface area contributed by atoms with Crippen LogP contribution in [0.4, 0.5) is 0 Å². The minimum absolute atomic E-state index is 0.333. The molecule has 0 spiro atoms. The van der Waals surface area contributed by atoms with Crippen molar-refractivity contribution >= 4 is 12.2 Å². The van der Waals surface area contributed by atoms with Gasteiger partial charge in [0.15, 0.2) is 0 Å². The molecular weight excluding hydrogens is 116 g/mol. The smallest absolute Gasteiger partial charge is 0.209 e. The number of nitrogens with one attached hydrogen (secondary N) is 1. The normalized spacial score (nSPS) is 12.4. The summed E-state index contributed by atoms with van der Waals surface area (Å²) in [5.74, 6) is 0.333. The molecule has 3 N–H and O–H groups in total. The molecule has 0 amide bonds. The van der Waals surface area contributed by atoms with E-state index in [1.165, 1.54) is 0 Å². The van der Waals surface area contributed by atoms with Crippen molar-refractivity contribution in [2.24, 2.45) is 15.8 Å². The third kappa shape index (κ3) is 4.80. The topological polar surface area (TPSA) is 62.8 Å². The number of hydrogen-bond acceptors (Lipinski definition) is 2. The van der Waals surface area contributed by atoms with Crippen LogP contribution in [0.3, 0.4) is 0 Å². The first-order chi connectivity index (χ1) is 4.31. The van der Waals surface area contributed by atoms with Crippen molar-refractivity contribution in [1.82, 2.24) is 5.43 Å². The van der Waals surface area contributed by atoms with Gasteiger partial charge in [-0.3, -0.25) is 4.99 Å². The first-order valence-corrected chi connectivity index (χ1v) is 2.81. The van der Waals surface area contributed by atoms with E-state index in [1.54, 1.807) is 13.3 Å². The zero-order valence-electron chi connectivity index (χ0n) is 5.76. The van der Waals surface area contributed by atoms with Crippen LogP contribution in [0.2, 0.25) is 0 Å². The van der Waals surface area contributed by atoms with E-state index in [-0.39, 0.29) is 0 Å². The Hall–Kier alpha value is -1.06. The molecule has 0 saturated heterocycles. The maximum Gasteiger partial charge on any atom is 0.209 e. The van der Waals surface area contributed by atoms with Gasteiger partial charge in [0.1, 0.15) is 0 Å². The fraction of sp³-hybridized carbons (Fsp3) is 0.600. The summed E-state index contributed by atoms with van der Waals surface area (Å²) in [6.45, 7) is 1.99. The third-order valence-electron chi connectivity index (χ3n) is 0.694. The minimum atomic E-state index is 0.333. The Morgan fingerprint density at radius 2 is 2.44 bits per heavy atom. The second-order valence-corrected chi connectivity index (χ2v) is 1.44. The fourth-order valence-electron chi connectivity index (χ4n) is 0.253. The molecule has 0 fully saturated rings. The van der Waals surface area contributed by atoms with Crippen LogP contribution < -0.4 is 11.2 Å². The van der Waals surface area contributed by atoms with E-state index < -0.39 is 0 Å². The van der Waals surface area contributed by atoms with Gasteiger partial charge in [0, 0.05) is 13.3 Å². The van der Waals surface area contributed by atoms with Gasteiger partial charge in [0.25, 0.3) is 0 Å². The number of rotatable bonds is 2. The van der Waals surface area contributed by atoms with Crippen LogP contribution >= 0.6 is 0 Å². The Balaban J connectivity index is 3.38. The molecular formula is C5H12N4. The lowest BCUT2D eigenvalue weighted by Crippen LogP contribution is -2.26. The summed E-state index contributed by atoms with van der Waals surface area (Å²) in [6.07, 6.45) is 2.61. The van der Waals surface area contributed by atoms with Crippen LogP contribution in [-0.2, 0) is 0 Å². The molecule has 0 aromatic carbocycles. The van der Waals surface area contributed by atoms with Crippen molar-refractivity contribution in [2.75, 3.05) is 7.05 Å². The first kappa shape index (κ1) is 7.94. The van der Waals surface area contributed by atoms with Gasteiger partial charge in [-0.05, 0) is 6.42 Å². The molecule has 4 nitrogen and oxygen atoms in total. The van der Waals surface area contributed by atoms with Gasteiger partial charge in [0.2, 0.25) is 5.96 Å². The summed E-state index contributed by atoms with van der Waals surface area (Å²) in [5.41, 5.74) is 7.77. The molecule has 0 bridgehead atoms. The fourth-order valence-corrected chi connectivity index (χ4v) is 0.253. The molecule has 0 aliphatic heterocycles. The number of guanidine groups is 1. The van der Waals surface area contributed by atoms with Crippen LogP contribution in [0, 0.1) is 0 Å². The molecule has 0 aromatic rings. The Kier molecular flexibility index (Phi) is 4.49. The lowest BCUT2D eigenvalue weighted by molar-refractivity contribution is 0.997. The standard InChI is InChI=1S/C5H12N4/c1-3-4-8-9-5(6)7-2/h4H,3H2,1-2H3,(H3,6,7,9)/b8-4+. The van der Waals surface area contributed by atoms with Gasteiger partial charge in [-0.25, -0.2) is 5.43 Å². The monoisotopic (exact) mass is 128 g/mol. The zero-order valence-corrected chi connectivity index (χ0v) is 5.76. The highest BCUT2D eigenvalue weighted by atomic mass is 15.3. The minimum Gasteiger partial charge on any atom is -0.369 e. The zero-order chi connectivity index (χ0) is 7.11. The quantitative estimate of drug-likeness (QED) is 0.310. The molecule has 0 unspecified atom stereocenters. The average Bonchev–Trinajstić information content (AvgIpc) is 1.89. The number of aliphatic imine (C=N–C) groups is 1. The molecule has 9 heavy (non-hydrogen) atoms. The Bertz CT molecular complexity index is 116. The highest BCUT2D eigenvalue weighted by molar-refractivity contribution is 5.78. The number of nitrogens with two attached hydrogens (primary N) is 1. The van der Waals surface area contributed by atoms with Crippen LogP contribution in [-0.4, -0.2) is 19.2 Å². The molecule has 52 valence electrons. The van der Waals surface area contributed by atoms with Crippen molar-refractivity contribution in [3.05, 3.63) is 0 Å². The largest absolute Gasteiger partial charge is 0.369 e. The van der Waals surface area contributed by atoms with Crippen molar-refractivity contribution in [1.29, 1.82) is 0 Å². The molecule has 0 aliphatic rings. The van der Waals surface area contributed by atoms with E-state index in [2.05, 4.69) is 15.5 Å². The molecule has 0 heterocycles. The Morgan fingerprint density at radius 1 is 1.78 bits per heavy atom. The summed E-state index contributed by atoms with van der Waals surface area (Å²) in [4.78, 5) is 3.63. The Labute approximate surface area is 54.8 Å². The van der Waals surface area contributed by atoms with Gasteiger partial charge >= 0.3 is 0 Å². The summed E-state index contributed by atoms with van der Waals surface area (Å²) < 4.78 is 0. The Morgan fingerprint density at radius 3 is 2.89 bits per heavy atom. The van der Waals surface area contributed by atoms with Gasteiger partial charge < -0.3 is 5.73 Å². The van der Waals surface area contributed by atoms with Crippen molar-refractivity contribution in [3.8, 4) is 0 Å². The summed E-state index contributed by atoms with van der Waals surface area (Å²) >= 11 is 0. The van der Waals surface area contributed by atoms with Gasteiger partial charge in [-0.1, -0.05) is 6.92 Å². The number of hydrogen-bond donors (Lipinski definition) is 2. The summed E-state index contributed by atoms with van der Waals surface area (Å²) in [5, 5.41) is 3.73. The van der Waals surface area contributed by atoms with Gasteiger partial charge in [0.05, 0.1) is 0 Å². The molecule has 4 heteroatoms. The molecule has 0 saturated carbocycles. The number of hydrazone groups is 1. The predicted molar refractivity (Wildman–Crippen MR) is 39.5 cm³/mol. The van der Waals surface area contributed by atoms with Gasteiger partial charge in [-0.2, -0.15) is 5.10 Å². The van der Waals surface area contributed by atoms with Crippen LogP contribution in [0.5, 0.6) is 0 Å². The SMILES string of the molecule is CC/C=N/NC(N)=NC. The molecule has 0 aliphatic carbocycles. The lowest BCUT2D eigenvalue weighted by Gasteiger charge is -1.93. The highest BCUT2D eigenvalue weighted by Gasteiger charge is 1.78. The molecule has 0 radical (unpaired) electrons. The van der Waals surface area contributed by atoms with E-state index >= 15 is 0 Å². The second-order valence-electron chi connectivity index (χ2n) is 1.44. The van der Waals surface area contributed by atoms with Crippen molar-refractivity contribution < 1.29 is 0 Å². The maximum atomic E-state index is 5.24. The highest BCUT2D eigenvalue weighted by Crippen LogP contribution is 1.64.